The van der Waals surface area contributed by atoms with Crippen LogP contribution in [0.15, 0.2) is 18.2 Å². The number of rotatable bonds is 4. The summed E-state index contributed by atoms with van der Waals surface area (Å²) in [5.41, 5.74) is 0.976. The summed E-state index contributed by atoms with van der Waals surface area (Å²) in [6, 6.07) is 6.41. The Kier molecular flexibility index (Phi) is 4.89. The van der Waals surface area contributed by atoms with Crippen molar-refractivity contribution < 1.29 is 9.84 Å². The Morgan fingerprint density at radius 2 is 1.65 bits per heavy atom. The molecule has 0 spiro atoms. The number of hydrogen-bond acceptors (Lipinski definition) is 4. The second-order valence-electron chi connectivity index (χ2n) is 5.77. The lowest BCUT2D eigenvalue weighted by Gasteiger charge is -2.40. The van der Waals surface area contributed by atoms with Crippen LogP contribution in [0.1, 0.15) is 32.4 Å². The van der Waals surface area contributed by atoms with Crippen molar-refractivity contribution in [2.75, 3.05) is 33.3 Å². The molecule has 112 valence electrons. The van der Waals surface area contributed by atoms with Gasteiger partial charge in [-0.25, -0.2) is 0 Å². The van der Waals surface area contributed by atoms with Gasteiger partial charge in [0.05, 0.1) is 7.11 Å². The molecular weight excluding hydrogens is 252 g/mol. The molecule has 1 aliphatic rings. The molecule has 0 aliphatic carbocycles. The molecule has 4 heteroatoms. The lowest BCUT2D eigenvalue weighted by atomic mass is 10.0. The molecule has 0 saturated carbocycles. The Hall–Kier alpha value is -1.26. The second-order valence-corrected chi connectivity index (χ2v) is 5.77. The van der Waals surface area contributed by atoms with Crippen molar-refractivity contribution in [2.24, 2.45) is 0 Å². The average molecular weight is 278 g/mol. The monoisotopic (exact) mass is 278 g/mol. The van der Waals surface area contributed by atoms with Crippen LogP contribution in [0.5, 0.6) is 11.5 Å². The fourth-order valence-electron chi connectivity index (χ4n) is 2.84. The molecule has 1 aromatic rings. The normalized spacial score (nSPS) is 19.2. The van der Waals surface area contributed by atoms with E-state index in [1.807, 2.05) is 12.1 Å². The molecule has 20 heavy (non-hydrogen) atoms. The molecule has 0 bridgehead atoms. The molecule has 0 radical (unpaired) electrons. The minimum absolute atomic E-state index is 0.232. The van der Waals surface area contributed by atoms with Crippen LogP contribution in [0.4, 0.5) is 0 Å². The highest BCUT2D eigenvalue weighted by Crippen LogP contribution is 2.32. The van der Waals surface area contributed by atoms with E-state index in [4.69, 9.17) is 4.74 Å². The van der Waals surface area contributed by atoms with Crippen molar-refractivity contribution in [3.8, 4) is 11.5 Å². The maximum absolute atomic E-state index is 10.1. The summed E-state index contributed by atoms with van der Waals surface area (Å²) in [5.74, 6) is 1.02. The van der Waals surface area contributed by atoms with Gasteiger partial charge < -0.3 is 9.84 Å². The van der Waals surface area contributed by atoms with Gasteiger partial charge in [-0.05, 0) is 26.8 Å². The first-order chi connectivity index (χ1) is 9.52. The van der Waals surface area contributed by atoms with E-state index in [1.165, 1.54) is 0 Å². The number of benzene rings is 1. The molecule has 1 atom stereocenters. The highest BCUT2D eigenvalue weighted by molar-refractivity contribution is 5.41. The fourth-order valence-corrected chi connectivity index (χ4v) is 2.84. The van der Waals surface area contributed by atoms with E-state index in [0.717, 1.165) is 31.7 Å². The maximum Gasteiger partial charge on any atom is 0.124 e. The Bertz CT molecular complexity index is 440. The van der Waals surface area contributed by atoms with E-state index in [9.17, 15) is 5.11 Å². The van der Waals surface area contributed by atoms with Crippen molar-refractivity contribution in [3.63, 3.8) is 0 Å². The first-order valence-electron chi connectivity index (χ1n) is 7.38. The van der Waals surface area contributed by atoms with Crippen LogP contribution in [0, 0.1) is 0 Å². The molecular formula is C16H26N2O2. The summed E-state index contributed by atoms with van der Waals surface area (Å²) < 4.78 is 5.14. The molecule has 1 heterocycles. The van der Waals surface area contributed by atoms with E-state index in [2.05, 4.69) is 30.6 Å². The SMILES string of the molecule is COc1ccc(C(C)N2CCN(C(C)C)CC2)c(O)c1. The van der Waals surface area contributed by atoms with Crippen LogP contribution in [-0.2, 0) is 0 Å². The molecule has 0 amide bonds. The molecule has 1 saturated heterocycles. The predicted octanol–water partition coefficient (Wildman–Crippen LogP) is 2.49. The van der Waals surface area contributed by atoms with Crippen molar-refractivity contribution >= 4 is 0 Å². The standard InChI is InChI=1S/C16H26N2O2/c1-12(2)17-7-9-18(10-8-17)13(3)15-6-5-14(20-4)11-16(15)19/h5-6,11-13,19H,7-10H2,1-4H3. The maximum atomic E-state index is 10.1. The van der Waals surface area contributed by atoms with Crippen LogP contribution >= 0.6 is 0 Å². The lowest BCUT2D eigenvalue weighted by molar-refractivity contribution is 0.0826. The highest BCUT2D eigenvalue weighted by Gasteiger charge is 2.24. The van der Waals surface area contributed by atoms with Gasteiger partial charge in [0, 0.05) is 49.9 Å². The zero-order chi connectivity index (χ0) is 14.7. The highest BCUT2D eigenvalue weighted by atomic mass is 16.5. The fraction of sp³-hybridized carbons (Fsp3) is 0.625. The van der Waals surface area contributed by atoms with Crippen LogP contribution in [-0.4, -0.2) is 54.2 Å². The zero-order valence-electron chi connectivity index (χ0n) is 13.0. The Balaban J connectivity index is 2.03. The summed E-state index contributed by atoms with van der Waals surface area (Å²) in [4.78, 5) is 4.93. The largest absolute Gasteiger partial charge is 0.507 e. The van der Waals surface area contributed by atoms with Crippen LogP contribution in [0.25, 0.3) is 0 Å². The van der Waals surface area contributed by atoms with E-state index in [0.29, 0.717) is 17.5 Å². The molecule has 0 aromatic heterocycles. The van der Waals surface area contributed by atoms with Crippen molar-refractivity contribution in [2.45, 2.75) is 32.9 Å². The van der Waals surface area contributed by atoms with E-state index in [-0.39, 0.29) is 6.04 Å². The number of ether oxygens (including phenoxy) is 1. The average Bonchev–Trinajstić information content (AvgIpc) is 2.46. The first-order valence-corrected chi connectivity index (χ1v) is 7.38. The number of aromatic hydroxyl groups is 1. The molecule has 1 aromatic carbocycles. The summed E-state index contributed by atoms with van der Waals surface area (Å²) in [7, 11) is 1.61. The van der Waals surface area contributed by atoms with Crippen LogP contribution in [0.3, 0.4) is 0 Å². The number of hydrogen-bond donors (Lipinski definition) is 1. The number of piperazine rings is 1. The zero-order valence-corrected chi connectivity index (χ0v) is 13.0. The summed E-state index contributed by atoms with van der Waals surface area (Å²) in [6.07, 6.45) is 0. The minimum atomic E-state index is 0.232. The third kappa shape index (κ3) is 3.25. The quantitative estimate of drug-likeness (QED) is 0.918. The minimum Gasteiger partial charge on any atom is -0.507 e. The van der Waals surface area contributed by atoms with E-state index >= 15 is 0 Å². The Morgan fingerprint density at radius 1 is 1.05 bits per heavy atom. The number of phenols is 1. The summed E-state index contributed by atoms with van der Waals surface area (Å²) in [5, 5.41) is 10.1. The van der Waals surface area contributed by atoms with Crippen molar-refractivity contribution in [1.82, 2.24) is 9.80 Å². The molecule has 1 aliphatic heterocycles. The van der Waals surface area contributed by atoms with Gasteiger partial charge in [0.2, 0.25) is 0 Å². The third-order valence-corrected chi connectivity index (χ3v) is 4.31. The van der Waals surface area contributed by atoms with Gasteiger partial charge in [-0.1, -0.05) is 6.07 Å². The van der Waals surface area contributed by atoms with Gasteiger partial charge in [0.25, 0.3) is 0 Å². The smallest absolute Gasteiger partial charge is 0.124 e. The number of nitrogens with zero attached hydrogens (tertiary/aromatic N) is 2. The number of phenolic OH excluding ortho intramolecular Hbond substituents is 1. The van der Waals surface area contributed by atoms with Crippen LogP contribution < -0.4 is 4.74 Å². The van der Waals surface area contributed by atoms with Gasteiger partial charge in [0.15, 0.2) is 0 Å². The van der Waals surface area contributed by atoms with Crippen molar-refractivity contribution in [1.29, 1.82) is 0 Å². The van der Waals surface area contributed by atoms with Gasteiger partial charge in [-0.3, -0.25) is 9.80 Å². The summed E-state index contributed by atoms with van der Waals surface area (Å²) in [6.45, 7) is 10.9. The molecule has 2 rings (SSSR count). The van der Waals surface area contributed by atoms with Gasteiger partial charge in [-0.15, -0.1) is 0 Å². The van der Waals surface area contributed by atoms with Gasteiger partial charge >= 0.3 is 0 Å². The third-order valence-electron chi connectivity index (χ3n) is 4.31. The lowest BCUT2D eigenvalue weighted by Crippen LogP contribution is -2.49. The van der Waals surface area contributed by atoms with Crippen molar-refractivity contribution in [3.05, 3.63) is 23.8 Å². The first kappa shape index (κ1) is 15.1. The molecule has 1 fully saturated rings. The Morgan fingerprint density at radius 3 is 2.15 bits per heavy atom. The topological polar surface area (TPSA) is 35.9 Å². The Labute approximate surface area is 122 Å². The molecule has 1 unspecified atom stereocenters. The molecule has 4 nitrogen and oxygen atoms in total. The second kappa shape index (κ2) is 6.46. The summed E-state index contributed by atoms with van der Waals surface area (Å²) >= 11 is 0. The number of methoxy groups -OCH3 is 1. The van der Waals surface area contributed by atoms with Gasteiger partial charge in [-0.2, -0.15) is 0 Å². The predicted molar refractivity (Wildman–Crippen MR) is 81.4 cm³/mol. The van der Waals surface area contributed by atoms with E-state index < -0.39 is 0 Å². The molecule has 1 N–H and O–H groups in total. The van der Waals surface area contributed by atoms with Crippen LogP contribution in [0.2, 0.25) is 0 Å². The van der Waals surface area contributed by atoms with E-state index in [1.54, 1.807) is 13.2 Å². The van der Waals surface area contributed by atoms with Gasteiger partial charge in [0.1, 0.15) is 11.5 Å².